The molecule has 0 bridgehead atoms. The second-order valence-corrected chi connectivity index (χ2v) is 6.17. The van der Waals surface area contributed by atoms with Crippen molar-refractivity contribution in [2.24, 2.45) is 0 Å². The second kappa shape index (κ2) is 7.80. The summed E-state index contributed by atoms with van der Waals surface area (Å²) in [6.45, 7) is -0.344. The SMILES string of the molecule is O=C(C=Cc1ccco1)OCC(=O)c1c(-c2ccccc2)[nH]c2ccccc12. The molecule has 5 heteroatoms. The summed E-state index contributed by atoms with van der Waals surface area (Å²) in [7, 11) is 0. The van der Waals surface area contributed by atoms with E-state index in [2.05, 4.69) is 4.98 Å². The fraction of sp³-hybridized carbons (Fsp3) is 0.0435. The number of hydrogen-bond acceptors (Lipinski definition) is 4. The van der Waals surface area contributed by atoms with Crippen molar-refractivity contribution < 1.29 is 18.7 Å². The van der Waals surface area contributed by atoms with E-state index < -0.39 is 5.97 Å². The molecule has 0 saturated carbocycles. The van der Waals surface area contributed by atoms with Gasteiger partial charge >= 0.3 is 5.97 Å². The number of H-pyrrole nitrogens is 1. The molecule has 28 heavy (non-hydrogen) atoms. The predicted octanol–water partition coefficient (Wildman–Crippen LogP) is 4.87. The van der Waals surface area contributed by atoms with E-state index in [0.29, 0.717) is 17.0 Å². The summed E-state index contributed by atoms with van der Waals surface area (Å²) in [6, 6.07) is 20.6. The van der Waals surface area contributed by atoms with Crippen LogP contribution in [0.4, 0.5) is 0 Å². The van der Waals surface area contributed by atoms with E-state index in [1.54, 1.807) is 12.1 Å². The maximum Gasteiger partial charge on any atom is 0.331 e. The molecule has 0 amide bonds. The number of furan rings is 1. The normalized spacial score (nSPS) is 11.1. The van der Waals surface area contributed by atoms with Crippen LogP contribution in [0.2, 0.25) is 0 Å². The molecular weight excluding hydrogens is 354 g/mol. The van der Waals surface area contributed by atoms with Crippen molar-refractivity contribution >= 4 is 28.7 Å². The minimum atomic E-state index is -0.606. The largest absolute Gasteiger partial charge is 0.465 e. The summed E-state index contributed by atoms with van der Waals surface area (Å²) in [5.74, 6) is -0.340. The molecule has 0 aliphatic heterocycles. The van der Waals surface area contributed by atoms with Crippen LogP contribution in [0.15, 0.2) is 83.5 Å². The predicted molar refractivity (Wildman–Crippen MR) is 107 cm³/mol. The highest BCUT2D eigenvalue weighted by molar-refractivity contribution is 6.14. The topological polar surface area (TPSA) is 72.3 Å². The van der Waals surface area contributed by atoms with Crippen molar-refractivity contribution in [3.8, 4) is 11.3 Å². The molecule has 0 radical (unpaired) electrons. The van der Waals surface area contributed by atoms with Crippen molar-refractivity contribution in [1.29, 1.82) is 0 Å². The zero-order valence-corrected chi connectivity index (χ0v) is 14.9. The van der Waals surface area contributed by atoms with Gasteiger partial charge in [-0.05, 0) is 29.8 Å². The van der Waals surface area contributed by atoms with Crippen molar-refractivity contribution in [1.82, 2.24) is 4.98 Å². The van der Waals surface area contributed by atoms with Crippen LogP contribution < -0.4 is 0 Å². The molecule has 0 spiro atoms. The zero-order valence-electron chi connectivity index (χ0n) is 14.9. The highest BCUT2D eigenvalue weighted by atomic mass is 16.5. The summed E-state index contributed by atoms with van der Waals surface area (Å²) in [5.41, 5.74) is 2.98. The van der Waals surface area contributed by atoms with Gasteiger partial charge in [-0.3, -0.25) is 4.79 Å². The molecule has 0 aliphatic rings. The number of rotatable bonds is 6. The molecule has 4 rings (SSSR count). The van der Waals surface area contributed by atoms with Gasteiger partial charge in [-0.15, -0.1) is 0 Å². The van der Waals surface area contributed by atoms with Gasteiger partial charge in [0.05, 0.1) is 17.5 Å². The number of benzene rings is 2. The first-order valence-electron chi connectivity index (χ1n) is 8.80. The number of carbonyl (C=O) groups excluding carboxylic acids is 2. The summed E-state index contributed by atoms with van der Waals surface area (Å²) in [6.07, 6.45) is 4.24. The molecule has 4 aromatic rings. The second-order valence-electron chi connectivity index (χ2n) is 6.17. The molecule has 0 unspecified atom stereocenters. The average molecular weight is 371 g/mol. The quantitative estimate of drug-likeness (QED) is 0.298. The molecule has 0 saturated heterocycles. The number of hydrogen-bond donors (Lipinski definition) is 1. The number of esters is 1. The monoisotopic (exact) mass is 371 g/mol. The van der Waals surface area contributed by atoms with Gasteiger partial charge in [0, 0.05) is 17.0 Å². The van der Waals surface area contributed by atoms with Gasteiger partial charge in [-0.1, -0.05) is 48.5 Å². The Morgan fingerprint density at radius 1 is 0.964 bits per heavy atom. The fourth-order valence-corrected chi connectivity index (χ4v) is 3.05. The number of aromatic nitrogens is 1. The Labute approximate surface area is 161 Å². The number of nitrogens with one attached hydrogen (secondary N) is 1. The molecular formula is C23H17NO4. The first-order valence-corrected chi connectivity index (χ1v) is 8.80. The third kappa shape index (κ3) is 3.64. The Balaban J connectivity index is 1.57. The van der Waals surface area contributed by atoms with Gasteiger partial charge in [0.1, 0.15) is 5.76 Å². The van der Waals surface area contributed by atoms with Crippen LogP contribution in [0, 0.1) is 0 Å². The number of carbonyl (C=O) groups is 2. The van der Waals surface area contributed by atoms with E-state index in [0.717, 1.165) is 16.5 Å². The van der Waals surface area contributed by atoms with Gasteiger partial charge in [-0.2, -0.15) is 0 Å². The molecule has 2 heterocycles. The lowest BCUT2D eigenvalue weighted by Gasteiger charge is -2.05. The van der Waals surface area contributed by atoms with E-state index in [1.807, 2.05) is 54.6 Å². The molecule has 0 atom stereocenters. The Bertz CT molecular complexity index is 1140. The van der Waals surface area contributed by atoms with Crippen LogP contribution in [0.5, 0.6) is 0 Å². The Kier molecular flexibility index (Phi) is 4.89. The lowest BCUT2D eigenvalue weighted by Crippen LogP contribution is -2.13. The number of ether oxygens (including phenoxy) is 1. The lowest BCUT2D eigenvalue weighted by molar-refractivity contribution is -0.136. The molecule has 1 N–H and O–H groups in total. The molecule has 0 aliphatic carbocycles. The van der Waals surface area contributed by atoms with E-state index in [4.69, 9.17) is 9.15 Å². The highest BCUT2D eigenvalue weighted by Crippen LogP contribution is 2.30. The maximum absolute atomic E-state index is 12.9. The van der Waals surface area contributed by atoms with Crippen molar-refractivity contribution in [3.63, 3.8) is 0 Å². The molecule has 0 fully saturated rings. The van der Waals surface area contributed by atoms with Gasteiger partial charge in [0.25, 0.3) is 0 Å². The van der Waals surface area contributed by atoms with E-state index in [-0.39, 0.29) is 12.4 Å². The third-order valence-corrected chi connectivity index (χ3v) is 4.32. The molecule has 2 aromatic heterocycles. The van der Waals surface area contributed by atoms with Gasteiger partial charge < -0.3 is 14.1 Å². The lowest BCUT2D eigenvalue weighted by atomic mass is 10.0. The summed E-state index contributed by atoms with van der Waals surface area (Å²) >= 11 is 0. The van der Waals surface area contributed by atoms with E-state index >= 15 is 0 Å². The van der Waals surface area contributed by atoms with Crippen molar-refractivity contribution in [3.05, 3.63) is 90.4 Å². The maximum atomic E-state index is 12.9. The van der Waals surface area contributed by atoms with Gasteiger partial charge in [0.2, 0.25) is 5.78 Å². The van der Waals surface area contributed by atoms with Crippen LogP contribution in [0.25, 0.3) is 28.2 Å². The fourth-order valence-electron chi connectivity index (χ4n) is 3.05. The number of para-hydroxylation sites is 1. The highest BCUT2D eigenvalue weighted by Gasteiger charge is 2.20. The first kappa shape index (κ1) is 17.5. The Morgan fingerprint density at radius 2 is 1.75 bits per heavy atom. The van der Waals surface area contributed by atoms with Crippen molar-refractivity contribution in [2.45, 2.75) is 0 Å². The van der Waals surface area contributed by atoms with Crippen LogP contribution in [-0.4, -0.2) is 23.3 Å². The molecule has 5 nitrogen and oxygen atoms in total. The zero-order chi connectivity index (χ0) is 19.3. The summed E-state index contributed by atoms with van der Waals surface area (Å²) in [5, 5.41) is 0.800. The molecule has 138 valence electrons. The Morgan fingerprint density at radius 3 is 2.54 bits per heavy atom. The van der Waals surface area contributed by atoms with Crippen LogP contribution in [-0.2, 0) is 9.53 Å². The van der Waals surface area contributed by atoms with E-state index in [9.17, 15) is 9.59 Å². The third-order valence-electron chi connectivity index (χ3n) is 4.32. The van der Waals surface area contributed by atoms with Gasteiger partial charge in [-0.25, -0.2) is 4.79 Å². The first-order chi connectivity index (χ1) is 13.7. The van der Waals surface area contributed by atoms with Gasteiger partial charge in [0.15, 0.2) is 6.61 Å². The van der Waals surface area contributed by atoms with Crippen LogP contribution in [0.3, 0.4) is 0 Å². The number of ketones is 1. The van der Waals surface area contributed by atoms with Crippen LogP contribution in [0.1, 0.15) is 16.1 Å². The minimum Gasteiger partial charge on any atom is -0.465 e. The minimum absolute atomic E-state index is 0.268. The summed E-state index contributed by atoms with van der Waals surface area (Å²) in [4.78, 5) is 28.1. The summed E-state index contributed by atoms with van der Waals surface area (Å²) < 4.78 is 10.3. The van der Waals surface area contributed by atoms with Crippen molar-refractivity contribution in [2.75, 3.05) is 6.61 Å². The standard InChI is InChI=1S/C23H17NO4/c25-20(15-28-21(26)13-12-17-9-6-14-27-17)22-18-10-4-5-11-19(18)24-23(22)16-7-2-1-3-8-16/h1-14,24H,15H2. The number of aromatic amines is 1. The van der Waals surface area contributed by atoms with E-state index in [1.165, 1.54) is 18.4 Å². The average Bonchev–Trinajstić information content (AvgIpc) is 3.38. The smallest absolute Gasteiger partial charge is 0.331 e. The van der Waals surface area contributed by atoms with Crippen LogP contribution >= 0.6 is 0 Å². The molecule has 2 aromatic carbocycles. The number of Topliss-reactive ketones (excluding diaryl/α,β-unsaturated/α-hetero) is 1. The Hall–Kier alpha value is -3.86. The number of fused-ring (bicyclic) bond motifs is 1.